The van der Waals surface area contributed by atoms with Crippen molar-refractivity contribution >= 4 is 11.5 Å². The van der Waals surface area contributed by atoms with Gasteiger partial charge in [-0.05, 0) is 12.5 Å². The normalized spacial score (nSPS) is 16.6. The number of rotatable bonds is 2. The number of hydrogen-bond acceptors (Lipinski definition) is 4. The van der Waals surface area contributed by atoms with E-state index in [0.717, 1.165) is 24.3 Å². The molecule has 2 heterocycles. The van der Waals surface area contributed by atoms with Gasteiger partial charge in [-0.3, -0.25) is 4.98 Å². The minimum atomic E-state index is 0.134. The second-order valence-corrected chi connectivity index (χ2v) is 3.22. The highest BCUT2D eigenvalue weighted by Gasteiger charge is 2.19. The van der Waals surface area contributed by atoms with Gasteiger partial charge < -0.3 is 15.8 Å². The summed E-state index contributed by atoms with van der Waals surface area (Å²) in [6.45, 7) is 2.02. The maximum atomic E-state index is 8.61. The third kappa shape index (κ3) is 1.37. The number of pyridine rings is 1. The zero-order valence-corrected chi connectivity index (χ0v) is 7.72. The summed E-state index contributed by atoms with van der Waals surface area (Å²) in [7, 11) is 0. The first kappa shape index (κ1) is 8.80. The summed E-state index contributed by atoms with van der Waals surface area (Å²) in [5.41, 5.74) is 7.23. The van der Waals surface area contributed by atoms with Crippen molar-refractivity contribution in [3.05, 3.63) is 24.0 Å². The predicted octanol–water partition coefficient (Wildman–Crippen LogP) is 0.386. The first-order valence-corrected chi connectivity index (χ1v) is 4.50. The van der Waals surface area contributed by atoms with Gasteiger partial charge in [0.05, 0.1) is 11.9 Å². The van der Waals surface area contributed by atoms with Crippen molar-refractivity contribution in [3.63, 3.8) is 0 Å². The molecule has 5 nitrogen and oxygen atoms in total. The van der Waals surface area contributed by atoms with Crippen LogP contribution >= 0.6 is 0 Å². The van der Waals surface area contributed by atoms with Gasteiger partial charge >= 0.3 is 0 Å². The molecule has 1 saturated heterocycles. The predicted molar refractivity (Wildman–Crippen MR) is 53.6 cm³/mol. The van der Waals surface area contributed by atoms with Crippen LogP contribution in [0.3, 0.4) is 0 Å². The highest BCUT2D eigenvalue weighted by molar-refractivity contribution is 6.02. The van der Waals surface area contributed by atoms with Gasteiger partial charge in [-0.2, -0.15) is 0 Å². The Bertz CT molecular complexity index is 360. The van der Waals surface area contributed by atoms with Crippen LogP contribution in [0.5, 0.6) is 0 Å². The summed E-state index contributed by atoms with van der Waals surface area (Å²) in [6.07, 6.45) is 4.56. The third-order valence-corrected chi connectivity index (χ3v) is 2.38. The number of nitrogens with zero attached hydrogens (tertiary/aromatic N) is 3. The molecule has 5 heteroatoms. The van der Waals surface area contributed by atoms with Crippen LogP contribution in [-0.2, 0) is 0 Å². The fourth-order valence-corrected chi connectivity index (χ4v) is 1.47. The lowest BCUT2D eigenvalue weighted by Gasteiger charge is -2.34. The summed E-state index contributed by atoms with van der Waals surface area (Å²) in [6, 6.07) is 1.75. The molecule has 1 aromatic heterocycles. The molecule has 0 amide bonds. The van der Waals surface area contributed by atoms with Crippen molar-refractivity contribution in [2.24, 2.45) is 10.9 Å². The molecule has 14 heavy (non-hydrogen) atoms. The van der Waals surface area contributed by atoms with Gasteiger partial charge in [0.2, 0.25) is 0 Å². The number of amidine groups is 1. The van der Waals surface area contributed by atoms with Gasteiger partial charge in [0, 0.05) is 24.8 Å². The molecule has 1 fully saturated rings. The molecule has 0 spiro atoms. The van der Waals surface area contributed by atoms with Crippen molar-refractivity contribution in [1.29, 1.82) is 0 Å². The third-order valence-electron chi connectivity index (χ3n) is 2.38. The molecule has 0 unspecified atom stereocenters. The minimum absolute atomic E-state index is 0.134. The average Bonchev–Trinajstić information content (AvgIpc) is 2.15. The molecule has 0 saturated carbocycles. The summed E-state index contributed by atoms with van der Waals surface area (Å²) in [4.78, 5) is 6.18. The van der Waals surface area contributed by atoms with Crippen molar-refractivity contribution in [2.75, 3.05) is 18.0 Å². The number of hydrogen-bond donors (Lipinski definition) is 2. The van der Waals surface area contributed by atoms with Gasteiger partial charge in [-0.1, -0.05) is 5.16 Å². The van der Waals surface area contributed by atoms with Crippen molar-refractivity contribution in [2.45, 2.75) is 6.42 Å². The Morgan fingerprint density at radius 3 is 2.93 bits per heavy atom. The van der Waals surface area contributed by atoms with E-state index >= 15 is 0 Å². The SMILES string of the molecule is N/C(=N/O)c1ccncc1N1CCC1. The van der Waals surface area contributed by atoms with Gasteiger partial charge in [-0.25, -0.2) is 0 Å². The van der Waals surface area contributed by atoms with E-state index in [-0.39, 0.29) is 5.84 Å². The van der Waals surface area contributed by atoms with Gasteiger partial charge in [0.15, 0.2) is 5.84 Å². The standard InChI is InChI=1S/C9H12N4O/c10-9(12-14)7-2-3-11-6-8(7)13-4-1-5-13/h2-3,6,14H,1,4-5H2,(H2,10,12). The average molecular weight is 192 g/mol. The zero-order chi connectivity index (χ0) is 9.97. The number of oxime groups is 1. The van der Waals surface area contributed by atoms with Gasteiger partial charge in [0.25, 0.3) is 0 Å². The Morgan fingerprint density at radius 1 is 1.57 bits per heavy atom. The zero-order valence-electron chi connectivity index (χ0n) is 7.72. The molecule has 3 N–H and O–H groups in total. The van der Waals surface area contributed by atoms with E-state index in [1.165, 1.54) is 6.42 Å². The lowest BCUT2D eigenvalue weighted by Crippen LogP contribution is -2.38. The molecule has 1 aliphatic heterocycles. The van der Waals surface area contributed by atoms with E-state index in [4.69, 9.17) is 10.9 Å². The fraction of sp³-hybridized carbons (Fsp3) is 0.333. The maximum Gasteiger partial charge on any atom is 0.172 e. The molecule has 0 radical (unpaired) electrons. The van der Waals surface area contributed by atoms with Crippen LogP contribution in [0.4, 0.5) is 5.69 Å². The largest absolute Gasteiger partial charge is 0.409 e. The van der Waals surface area contributed by atoms with E-state index in [2.05, 4.69) is 15.0 Å². The van der Waals surface area contributed by atoms with Crippen molar-refractivity contribution in [1.82, 2.24) is 4.98 Å². The molecule has 1 aliphatic rings. The number of nitrogens with two attached hydrogens (primary N) is 1. The molecule has 0 bridgehead atoms. The number of anilines is 1. The molecule has 74 valence electrons. The van der Waals surface area contributed by atoms with Crippen LogP contribution < -0.4 is 10.6 Å². The molecular formula is C9H12N4O. The molecule has 2 rings (SSSR count). The van der Waals surface area contributed by atoms with Crippen LogP contribution in [0, 0.1) is 0 Å². The summed E-state index contributed by atoms with van der Waals surface area (Å²) in [5.74, 6) is 0.134. The van der Waals surface area contributed by atoms with Crippen molar-refractivity contribution in [3.8, 4) is 0 Å². The van der Waals surface area contributed by atoms with Crippen LogP contribution in [0.1, 0.15) is 12.0 Å². The van der Waals surface area contributed by atoms with Crippen LogP contribution in [0.15, 0.2) is 23.6 Å². The Balaban J connectivity index is 2.37. The molecular weight excluding hydrogens is 180 g/mol. The molecule has 1 aromatic rings. The smallest absolute Gasteiger partial charge is 0.172 e. The Morgan fingerprint density at radius 2 is 2.36 bits per heavy atom. The highest BCUT2D eigenvalue weighted by atomic mass is 16.4. The second-order valence-electron chi connectivity index (χ2n) is 3.22. The maximum absolute atomic E-state index is 8.61. The Kier molecular flexibility index (Phi) is 2.22. The second kappa shape index (κ2) is 3.53. The van der Waals surface area contributed by atoms with Crippen molar-refractivity contribution < 1.29 is 5.21 Å². The Labute approximate surface area is 81.8 Å². The fourth-order valence-electron chi connectivity index (χ4n) is 1.47. The van der Waals surface area contributed by atoms with E-state index < -0.39 is 0 Å². The quantitative estimate of drug-likeness (QED) is 0.307. The summed E-state index contributed by atoms with van der Waals surface area (Å²) >= 11 is 0. The lowest BCUT2D eigenvalue weighted by atomic mass is 10.1. The lowest BCUT2D eigenvalue weighted by molar-refractivity contribution is 0.318. The molecule has 0 atom stereocenters. The van der Waals surface area contributed by atoms with Gasteiger partial charge in [-0.15, -0.1) is 0 Å². The monoisotopic (exact) mass is 192 g/mol. The van der Waals surface area contributed by atoms with Crippen LogP contribution in [0.2, 0.25) is 0 Å². The Hall–Kier alpha value is -1.78. The highest BCUT2D eigenvalue weighted by Crippen LogP contribution is 2.23. The van der Waals surface area contributed by atoms with Gasteiger partial charge in [0.1, 0.15) is 0 Å². The topological polar surface area (TPSA) is 74.7 Å². The molecule has 0 aliphatic carbocycles. The molecule has 0 aromatic carbocycles. The summed E-state index contributed by atoms with van der Waals surface area (Å²) < 4.78 is 0. The number of aromatic nitrogens is 1. The van der Waals surface area contributed by atoms with Crippen LogP contribution in [-0.4, -0.2) is 29.1 Å². The van der Waals surface area contributed by atoms with E-state index in [9.17, 15) is 0 Å². The van der Waals surface area contributed by atoms with E-state index in [1.54, 1.807) is 18.5 Å². The van der Waals surface area contributed by atoms with E-state index in [0.29, 0.717) is 0 Å². The first-order valence-electron chi connectivity index (χ1n) is 4.50. The minimum Gasteiger partial charge on any atom is -0.409 e. The summed E-state index contributed by atoms with van der Waals surface area (Å²) in [5, 5.41) is 11.6. The first-order chi connectivity index (χ1) is 6.83. The van der Waals surface area contributed by atoms with Crippen LogP contribution in [0.25, 0.3) is 0 Å². The van der Waals surface area contributed by atoms with E-state index in [1.807, 2.05) is 0 Å².